The smallest absolute Gasteiger partial charge is 0.243 e. The molecule has 0 radical (unpaired) electrons. The number of likely N-dealkylation sites (tertiary alicyclic amines) is 1. The van der Waals surface area contributed by atoms with E-state index in [0.717, 1.165) is 40.3 Å². The van der Waals surface area contributed by atoms with Gasteiger partial charge in [-0.05, 0) is 41.9 Å². The minimum absolute atomic E-state index is 0.0900. The lowest BCUT2D eigenvalue weighted by atomic mass is 9.90. The second-order valence-electron chi connectivity index (χ2n) is 9.87. The van der Waals surface area contributed by atoms with Gasteiger partial charge in [-0.3, -0.25) is 9.59 Å². The first-order chi connectivity index (χ1) is 16.7. The van der Waals surface area contributed by atoms with Crippen molar-refractivity contribution in [1.82, 2.24) is 15.2 Å². The maximum absolute atomic E-state index is 13.2. The molecule has 3 rings (SSSR count). The number of nitrogens with zero attached hydrogens (tertiary/aromatic N) is 2. The highest BCUT2D eigenvalue weighted by molar-refractivity contribution is 7.94. The van der Waals surface area contributed by atoms with Crippen molar-refractivity contribution in [2.45, 2.75) is 72.1 Å². The van der Waals surface area contributed by atoms with Gasteiger partial charge in [0.15, 0.2) is 0 Å². The number of thiazole rings is 1. The molecule has 0 spiro atoms. The first kappa shape index (κ1) is 27.6. The fourth-order valence-electron chi connectivity index (χ4n) is 3.97. The molecule has 2 amide bonds. The Balaban J connectivity index is 1.62. The first-order valence-electron chi connectivity index (χ1n) is 12.2. The highest BCUT2D eigenvalue weighted by atomic mass is 32.2. The number of rotatable bonds is 12. The Labute approximate surface area is 216 Å². The van der Waals surface area contributed by atoms with Crippen molar-refractivity contribution in [1.29, 1.82) is 0 Å². The first-order valence-corrected chi connectivity index (χ1v) is 14.0. The Morgan fingerprint density at radius 3 is 2.69 bits per heavy atom. The molecule has 9 heteroatoms. The summed E-state index contributed by atoms with van der Waals surface area (Å²) in [4.78, 5) is 33.3. The summed E-state index contributed by atoms with van der Waals surface area (Å²) >= 11 is 3.03. The molecule has 1 fully saturated rings. The van der Waals surface area contributed by atoms with Gasteiger partial charge in [0.05, 0.1) is 22.2 Å². The highest BCUT2D eigenvalue weighted by Crippen LogP contribution is 2.29. The average molecular weight is 520 g/mol. The van der Waals surface area contributed by atoms with E-state index in [1.54, 1.807) is 16.2 Å². The van der Waals surface area contributed by atoms with Crippen LogP contribution in [0.3, 0.4) is 0 Å². The number of carbonyl (C=O) groups excluding carboxylic acids is 2. The van der Waals surface area contributed by atoms with Gasteiger partial charge in [0.1, 0.15) is 6.04 Å². The fraction of sp³-hybridized carbons (Fsp3) is 0.577. The number of aliphatic hydroxyl groups excluding tert-OH is 1. The molecule has 1 aliphatic rings. The predicted octanol–water partition coefficient (Wildman–Crippen LogP) is 4.58. The van der Waals surface area contributed by atoms with Gasteiger partial charge in [-0.25, -0.2) is 4.98 Å². The van der Waals surface area contributed by atoms with Gasteiger partial charge in [0, 0.05) is 38.3 Å². The van der Waals surface area contributed by atoms with Crippen molar-refractivity contribution < 1.29 is 18.9 Å². The number of nitrogens with one attached hydrogen (secondary N) is 1. The third kappa shape index (κ3) is 7.77. The summed E-state index contributed by atoms with van der Waals surface area (Å²) in [5.41, 5.74) is 4.42. The number of aliphatic hydroxyl groups is 1. The van der Waals surface area contributed by atoms with E-state index in [4.69, 9.17) is 4.18 Å². The molecule has 1 unspecified atom stereocenters. The lowest BCUT2D eigenvalue weighted by Crippen LogP contribution is -2.46. The van der Waals surface area contributed by atoms with E-state index in [2.05, 4.69) is 17.2 Å². The molecule has 2 atom stereocenters. The molecule has 2 N–H and O–H groups in total. The van der Waals surface area contributed by atoms with Crippen LogP contribution in [0, 0.1) is 12.3 Å². The SMILES string of the molecule is CCCCSOC1C[C@@H](C(=O)NCc2ccc(-c3scnc3C)cc2)N(C(=O)CC(C)(C)CO)C1. The number of unbranched alkanes of at least 4 members (excludes halogenated alkanes) is 1. The number of benzene rings is 1. The van der Waals surface area contributed by atoms with Gasteiger partial charge in [0.2, 0.25) is 11.8 Å². The summed E-state index contributed by atoms with van der Waals surface area (Å²) in [5, 5.41) is 12.6. The summed E-state index contributed by atoms with van der Waals surface area (Å²) < 4.78 is 5.93. The van der Waals surface area contributed by atoms with Crippen LogP contribution in [0.2, 0.25) is 0 Å². The summed E-state index contributed by atoms with van der Waals surface area (Å²) in [7, 11) is 0. The van der Waals surface area contributed by atoms with Gasteiger partial charge in [-0.2, -0.15) is 0 Å². The lowest BCUT2D eigenvalue weighted by Gasteiger charge is -2.28. The molecular formula is C26H37N3O4S2. The Morgan fingerprint density at radius 2 is 2.06 bits per heavy atom. The molecule has 2 aromatic rings. The van der Waals surface area contributed by atoms with Crippen molar-refractivity contribution in [2.24, 2.45) is 5.41 Å². The molecule has 0 saturated carbocycles. The summed E-state index contributed by atoms with van der Waals surface area (Å²) in [6.07, 6.45) is 2.63. The molecule has 7 nitrogen and oxygen atoms in total. The molecule has 2 heterocycles. The Hall–Kier alpha value is -1.94. The highest BCUT2D eigenvalue weighted by Gasteiger charge is 2.41. The third-order valence-corrected chi connectivity index (χ3v) is 8.00. The fourth-order valence-corrected chi connectivity index (χ4v) is 5.61. The zero-order chi connectivity index (χ0) is 25.4. The summed E-state index contributed by atoms with van der Waals surface area (Å²) in [6.45, 7) is 8.51. The van der Waals surface area contributed by atoms with Crippen LogP contribution in [-0.4, -0.2) is 57.9 Å². The zero-order valence-electron chi connectivity index (χ0n) is 21.1. The second-order valence-corrected chi connectivity index (χ2v) is 11.6. The van der Waals surface area contributed by atoms with E-state index in [0.29, 0.717) is 19.5 Å². The normalized spacial score (nSPS) is 18.1. The van der Waals surface area contributed by atoms with Crippen LogP contribution < -0.4 is 5.32 Å². The molecule has 1 aliphatic heterocycles. The topological polar surface area (TPSA) is 91.8 Å². The second kappa shape index (κ2) is 12.9. The van der Waals surface area contributed by atoms with Crippen LogP contribution in [0.15, 0.2) is 29.8 Å². The van der Waals surface area contributed by atoms with Crippen LogP contribution >= 0.6 is 23.4 Å². The summed E-state index contributed by atoms with van der Waals surface area (Å²) in [5.74, 6) is 0.595. The minimum Gasteiger partial charge on any atom is -0.396 e. The number of hydrogen-bond donors (Lipinski definition) is 2. The summed E-state index contributed by atoms with van der Waals surface area (Å²) in [6, 6.07) is 7.52. The van der Waals surface area contributed by atoms with E-state index in [9.17, 15) is 14.7 Å². The maximum Gasteiger partial charge on any atom is 0.243 e. The maximum atomic E-state index is 13.2. The number of hydrogen-bond acceptors (Lipinski definition) is 7. The van der Waals surface area contributed by atoms with Crippen molar-refractivity contribution in [2.75, 3.05) is 18.9 Å². The Morgan fingerprint density at radius 1 is 1.31 bits per heavy atom. The van der Waals surface area contributed by atoms with E-state index in [1.807, 2.05) is 50.5 Å². The quantitative estimate of drug-likeness (QED) is 0.315. The number of amides is 2. The van der Waals surface area contributed by atoms with Crippen LogP contribution in [0.4, 0.5) is 0 Å². The molecule has 35 heavy (non-hydrogen) atoms. The van der Waals surface area contributed by atoms with Gasteiger partial charge < -0.3 is 19.5 Å². The minimum atomic E-state index is -0.576. The van der Waals surface area contributed by atoms with Crippen LogP contribution in [0.5, 0.6) is 0 Å². The number of aromatic nitrogens is 1. The van der Waals surface area contributed by atoms with E-state index in [-0.39, 0.29) is 30.9 Å². The Bertz CT molecular complexity index is 977. The van der Waals surface area contributed by atoms with Crippen LogP contribution in [0.1, 0.15) is 57.7 Å². The standard InChI is InChI=1S/C26H37N3O4S2/c1-5-6-11-35-33-21-12-22(29(15-21)23(31)13-26(3,4)16-30)25(32)27-14-19-7-9-20(10-8-19)24-18(2)28-17-34-24/h7-10,17,21-22,30H,5-6,11-16H2,1-4H3,(H,27,32)/t21?,22-/m0/s1. The lowest BCUT2D eigenvalue weighted by molar-refractivity contribution is -0.140. The van der Waals surface area contributed by atoms with E-state index < -0.39 is 11.5 Å². The Kier molecular flexibility index (Phi) is 10.1. The van der Waals surface area contributed by atoms with Crippen molar-refractivity contribution in [3.63, 3.8) is 0 Å². The predicted molar refractivity (Wildman–Crippen MR) is 142 cm³/mol. The largest absolute Gasteiger partial charge is 0.396 e. The van der Waals surface area contributed by atoms with Gasteiger partial charge in [-0.1, -0.05) is 51.5 Å². The van der Waals surface area contributed by atoms with Crippen LogP contribution in [0.25, 0.3) is 10.4 Å². The van der Waals surface area contributed by atoms with E-state index in [1.165, 1.54) is 12.0 Å². The van der Waals surface area contributed by atoms with Crippen molar-refractivity contribution in [3.05, 3.63) is 41.0 Å². The van der Waals surface area contributed by atoms with Gasteiger partial charge >= 0.3 is 0 Å². The molecule has 0 aliphatic carbocycles. The monoisotopic (exact) mass is 519 g/mol. The molecular weight excluding hydrogens is 482 g/mol. The molecule has 0 bridgehead atoms. The van der Waals surface area contributed by atoms with Crippen LogP contribution in [-0.2, 0) is 20.3 Å². The third-order valence-electron chi connectivity index (χ3n) is 6.16. The van der Waals surface area contributed by atoms with Crippen molar-refractivity contribution in [3.8, 4) is 10.4 Å². The van der Waals surface area contributed by atoms with Gasteiger partial charge in [-0.15, -0.1) is 11.3 Å². The van der Waals surface area contributed by atoms with E-state index >= 15 is 0 Å². The van der Waals surface area contributed by atoms with Crippen molar-refractivity contribution >= 4 is 35.2 Å². The number of aryl methyl sites for hydroxylation is 1. The molecule has 192 valence electrons. The zero-order valence-corrected chi connectivity index (χ0v) is 22.7. The molecule has 1 aromatic heterocycles. The average Bonchev–Trinajstić information content (AvgIpc) is 3.47. The van der Waals surface area contributed by atoms with Gasteiger partial charge in [0.25, 0.3) is 0 Å². The number of carbonyl (C=O) groups is 2. The molecule has 1 saturated heterocycles. The molecule has 1 aromatic carbocycles.